The predicted molar refractivity (Wildman–Crippen MR) is 251 cm³/mol. The first-order valence-electron chi connectivity index (χ1n) is 17.2. The predicted octanol–water partition coefficient (Wildman–Crippen LogP) is 5.97. The quantitative estimate of drug-likeness (QED) is 0.169. The Labute approximate surface area is 421 Å². The molecule has 1 fully saturated rings. The smallest absolute Gasteiger partial charge is 1.00 e. The minimum absolute atomic E-state index is 0. The Kier molecular flexibility index (Phi) is 21.9. The van der Waals surface area contributed by atoms with Crippen LogP contribution in [0.15, 0.2) is 138 Å². The van der Waals surface area contributed by atoms with Crippen LogP contribution in [-0.2, 0) is 12.8 Å². The molecule has 55 heavy (non-hydrogen) atoms. The molecule has 0 bridgehead atoms. The molecule has 2 N–H and O–H groups in total. The van der Waals surface area contributed by atoms with E-state index in [4.69, 9.17) is 0 Å². The molecule has 0 radical (unpaired) electrons. The number of nitrogens with zero attached hydrogens (tertiary/aromatic N) is 4. The summed E-state index contributed by atoms with van der Waals surface area (Å²) in [5.41, 5.74) is 4.75. The molecule has 0 amide bonds. The number of hydrogen-bond donors (Lipinski definition) is 2. The van der Waals surface area contributed by atoms with Crippen LogP contribution >= 0.6 is 82.8 Å². The van der Waals surface area contributed by atoms with Crippen LogP contribution in [0.25, 0.3) is 55.2 Å². The van der Waals surface area contributed by atoms with Crippen LogP contribution in [0.2, 0.25) is 0 Å². The zero-order valence-electron chi connectivity index (χ0n) is 30.7. The van der Waals surface area contributed by atoms with Gasteiger partial charge in [-0.2, -0.15) is 0 Å². The van der Waals surface area contributed by atoms with Gasteiger partial charge < -0.3 is 34.6 Å². The monoisotopic (exact) mass is 1300 g/mol. The van der Waals surface area contributed by atoms with E-state index in [1.807, 2.05) is 48.8 Å². The maximum atomic E-state index is 4.51. The van der Waals surface area contributed by atoms with Crippen LogP contribution in [-0.4, -0.2) is 45.3 Å². The third-order valence-electron chi connectivity index (χ3n) is 9.54. The van der Waals surface area contributed by atoms with E-state index in [1.54, 1.807) is 20.3 Å². The zero-order valence-corrected chi connectivity index (χ0v) is 44.0. The van der Waals surface area contributed by atoms with Crippen LogP contribution in [0, 0.1) is 3.57 Å². The van der Waals surface area contributed by atoms with Gasteiger partial charge in [-0.15, -0.1) is 24.0 Å². The molecule has 1 aliphatic carbocycles. The number of nitrogens with one attached hydrogen (secondary N) is 2. The summed E-state index contributed by atoms with van der Waals surface area (Å²) < 4.78 is 6.74. The van der Waals surface area contributed by atoms with Crippen molar-refractivity contribution < 1.29 is 66.3 Å². The maximum absolute atomic E-state index is 4.51. The summed E-state index contributed by atoms with van der Waals surface area (Å²) in [5.74, 6) is 1.90. The number of halogens is 5. The molecule has 9 rings (SSSR count). The van der Waals surface area contributed by atoms with Crippen molar-refractivity contribution in [1.82, 2.24) is 29.7 Å². The van der Waals surface area contributed by atoms with E-state index in [9.17, 15) is 0 Å². The van der Waals surface area contributed by atoms with Crippen LogP contribution in [0.5, 0.6) is 0 Å². The molecule has 0 aliphatic heterocycles. The summed E-state index contributed by atoms with van der Waals surface area (Å²) in [7, 11) is 4.11. The molecule has 13 heteroatoms. The number of pyridine rings is 2. The Balaban J connectivity index is 0.000000222. The Morgan fingerprint density at radius 2 is 1.02 bits per heavy atom. The third kappa shape index (κ3) is 11.7. The van der Waals surface area contributed by atoms with Crippen LogP contribution in [0.4, 0.5) is 0 Å². The zero-order chi connectivity index (χ0) is 36.5. The van der Waals surface area contributed by atoms with E-state index < -0.39 is 0 Å². The number of aromatic nitrogens is 4. The average Bonchev–Trinajstić information content (AvgIpc) is 3.71. The Morgan fingerprint density at radius 3 is 1.47 bits per heavy atom. The fourth-order valence-electron chi connectivity index (χ4n) is 7.17. The molecule has 2 atom stereocenters. The first kappa shape index (κ1) is 49.0. The molecule has 6 nitrogen and oxygen atoms in total. The molecule has 4 aromatic heterocycles. The van der Waals surface area contributed by atoms with E-state index >= 15 is 0 Å². The molecule has 4 heterocycles. The van der Waals surface area contributed by atoms with Crippen LogP contribution < -0.4 is 64.2 Å². The van der Waals surface area contributed by atoms with E-state index in [-0.39, 0.29) is 77.5 Å². The Morgan fingerprint density at radius 1 is 0.600 bits per heavy atom. The van der Waals surface area contributed by atoms with Crippen molar-refractivity contribution in [3.8, 4) is 11.6 Å². The van der Waals surface area contributed by atoms with Gasteiger partial charge in [0, 0.05) is 54.1 Å². The second-order valence-corrected chi connectivity index (χ2v) is 14.6. The number of benzene rings is 4. The molecule has 0 saturated heterocycles. The second kappa shape index (κ2) is 24.6. The molecule has 2 unspecified atom stereocenters. The maximum Gasteiger partial charge on any atom is 1.00 e. The summed E-state index contributed by atoms with van der Waals surface area (Å²) >= 11 is 11.8. The molecular formula is C42H41BrCuI4N6Na. The van der Waals surface area contributed by atoms with Gasteiger partial charge in [-0.25, -0.2) is 9.97 Å². The van der Waals surface area contributed by atoms with Crippen molar-refractivity contribution in [1.29, 1.82) is 0 Å². The first-order valence-corrected chi connectivity index (χ1v) is 22.1. The molecule has 286 valence electrons. The number of likely N-dealkylation sites (N-methyl/N-ethyl adjacent to an activating group) is 2. The summed E-state index contributed by atoms with van der Waals surface area (Å²) in [6, 6.07) is 43.3. The van der Waals surface area contributed by atoms with Gasteiger partial charge in [0.15, 0.2) is 0 Å². The summed E-state index contributed by atoms with van der Waals surface area (Å²) in [5, 5.41) is 11.7. The fourth-order valence-corrected chi connectivity index (χ4v) is 8.00. The largest absolute Gasteiger partial charge is 1.00 e. The molecule has 1 aliphatic rings. The third-order valence-corrected chi connectivity index (χ3v) is 10.7. The summed E-state index contributed by atoms with van der Waals surface area (Å²) in [4.78, 5) is 9.01. The number of hydrogen-bond acceptors (Lipinski definition) is 4. The van der Waals surface area contributed by atoms with Gasteiger partial charge in [0.25, 0.3) is 0 Å². The SMILES string of the molecule is Brc1ccc2c3ccccc3n(-c3ccccn3)c2c1.CNC1CCCCC1NC.I.Ic1ccc2c3ccccc3n(-c3ccccn3)c2c1.[Cu][I].[I-].[Na+]. The van der Waals surface area contributed by atoms with Gasteiger partial charge in [0.2, 0.25) is 0 Å². The molecule has 4 aromatic carbocycles. The fraction of sp³-hybridized carbons (Fsp3) is 0.190. The van der Waals surface area contributed by atoms with E-state index in [0.717, 1.165) is 16.1 Å². The van der Waals surface area contributed by atoms with Crippen molar-refractivity contribution >= 4 is 126 Å². The van der Waals surface area contributed by atoms with Crippen molar-refractivity contribution in [3.05, 3.63) is 142 Å². The molecule has 1 saturated carbocycles. The molecular weight excluding hydrogens is 1260 g/mol. The minimum Gasteiger partial charge on any atom is -1.00 e. The first-order chi connectivity index (χ1) is 25.6. The molecule has 8 aromatic rings. The van der Waals surface area contributed by atoms with Gasteiger partial charge >= 0.3 is 62.7 Å². The van der Waals surface area contributed by atoms with Gasteiger partial charge in [0.05, 0.1) is 22.1 Å². The van der Waals surface area contributed by atoms with Crippen molar-refractivity contribution in [3.63, 3.8) is 0 Å². The molecule has 0 spiro atoms. The average molecular weight is 1300 g/mol. The van der Waals surface area contributed by atoms with Crippen molar-refractivity contribution in [2.75, 3.05) is 14.1 Å². The number of fused-ring (bicyclic) bond motifs is 6. The summed E-state index contributed by atoms with van der Waals surface area (Å²) in [6.07, 6.45) is 9.12. The number of rotatable bonds is 4. The number of para-hydroxylation sites is 2. The van der Waals surface area contributed by atoms with Gasteiger partial charge in [-0.05, 0) is 110 Å². The van der Waals surface area contributed by atoms with Gasteiger partial charge in [-0.3, -0.25) is 9.13 Å². The van der Waals surface area contributed by atoms with Crippen molar-refractivity contribution in [2.45, 2.75) is 37.8 Å². The van der Waals surface area contributed by atoms with E-state index in [2.05, 4.69) is 180 Å². The van der Waals surface area contributed by atoms with Crippen LogP contribution in [0.1, 0.15) is 25.7 Å². The van der Waals surface area contributed by atoms with E-state index in [0.29, 0.717) is 12.1 Å². The Hall–Kier alpha value is -0.381. The van der Waals surface area contributed by atoms with Gasteiger partial charge in [-0.1, -0.05) is 89.4 Å². The van der Waals surface area contributed by atoms with Crippen LogP contribution in [0.3, 0.4) is 0 Å². The standard InChI is InChI=1S/C17H11BrN2.C17H11IN2.C8H18N2.Cu.3HI.Na/c2*18-12-8-9-14-13-5-1-2-6-15(13)20(16(14)11-12)17-7-3-4-10-19-17;1-9-7-5-3-4-6-8(7)10-2;;;;;/h2*1-11H;7-10H,3-6H2,1-2H3;;3*1H;/q;;;+1;;;;+1/p-2. The minimum atomic E-state index is 0. The topological polar surface area (TPSA) is 59.7 Å². The second-order valence-electron chi connectivity index (χ2n) is 12.5. The Bertz CT molecular complexity index is 2210. The van der Waals surface area contributed by atoms with E-state index in [1.165, 1.54) is 72.9 Å². The van der Waals surface area contributed by atoms with Crippen molar-refractivity contribution in [2.24, 2.45) is 0 Å². The normalized spacial score (nSPS) is 14.5. The summed E-state index contributed by atoms with van der Waals surface area (Å²) in [6.45, 7) is 0. The van der Waals surface area contributed by atoms with Gasteiger partial charge in [0.1, 0.15) is 11.6 Å².